The van der Waals surface area contributed by atoms with Crippen molar-refractivity contribution < 1.29 is 13.2 Å². The average molecular weight is 330 g/mol. The molecule has 2 atom stereocenters. The Kier molecular flexibility index (Phi) is 3.92. The molecule has 3 rings (SSSR count). The lowest BCUT2D eigenvalue weighted by Gasteiger charge is -2.14. The third-order valence-corrected chi connectivity index (χ3v) is 5.59. The van der Waals surface area contributed by atoms with E-state index in [0.717, 1.165) is 6.42 Å². The molecule has 114 valence electrons. The Bertz CT molecular complexity index is 759. The fourth-order valence-electron chi connectivity index (χ4n) is 2.51. The van der Waals surface area contributed by atoms with Gasteiger partial charge in [0.1, 0.15) is 5.65 Å². The van der Waals surface area contributed by atoms with Crippen molar-refractivity contribution in [2.75, 3.05) is 13.2 Å². The molecule has 0 amide bonds. The minimum Gasteiger partial charge on any atom is -0.378 e. The summed E-state index contributed by atoms with van der Waals surface area (Å²) in [7, 11) is -3.72. The van der Waals surface area contributed by atoms with Gasteiger partial charge in [-0.1, -0.05) is 17.7 Å². The van der Waals surface area contributed by atoms with Gasteiger partial charge in [0, 0.05) is 25.3 Å². The first kappa shape index (κ1) is 14.8. The van der Waals surface area contributed by atoms with Crippen molar-refractivity contribution in [1.29, 1.82) is 0 Å². The average Bonchev–Trinajstić information content (AvgIpc) is 2.99. The van der Waals surface area contributed by atoms with Gasteiger partial charge in [0.05, 0.1) is 6.10 Å². The molecule has 2 unspecified atom stereocenters. The van der Waals surface area contributed by atoms with Crippen molar-refractivity contribution in [3.63, 3.8) is 0 Å². The molecule has 1 fully saturated rings. The van der Waals surface area contributed by atoms with E-state index >= 15 is 0 Å². The summed E-state index contributed by atoms with van der Waals surface area (Å²) in [5, 5.41) is -0.0456. The van der Waals surface area contributed by atoms with Crippen LogP contribution in [0.15, 0.2) is 29.4 Å². The molecule has 21 heavy (non-hydrogen) atoms. The van der Waals surface area contributed by atoms with Crippen LogP contribution >= 0.6 is 11.6 Å². The monoisotopic (exact) mass is 329 g/mol. The van der Waals surface area contributed by atoms with Gasteiger partial charge < -0.3 is 4.74 Å². The summed E-state index contributed by atoms with van der Waals surface area (Å²) in [6.07, 6.45) is 2.54. The highest BCUT2D eigenvalue weighted by atomic mass is 35.5. The summed E-state index contributed by atoms with van der Waals surface area (Å²) < 4.78 is 34.5. The summed E-state index contributed by atoms with van der Waals surface area (Å²) >= 11 is 6.00. The predicted molar refractivity (Wildman–Crippen MR) is 78.9 cm³/mol. The number of rotatable bonds is 4. The van der Waals surface area contributed by atoms with Gasteiger partial charge in [-0.3, -0.25) is 4.40 Å². The lowest BCUT2D eigenvalue weighted by molar-refractivity contribution is 0.107. The largest absolute Gasteiger partial charge is 0.378 e. The van der Waals surface area contributed by atoms with Gasteiger partial charge in [-0.25, -0.2) is 18.1 Å². The topological polar surface area (TPSA) is 72.7 Å². The van der Waals surface area contributed by atoms with Crippen molar-refractivity contribution >= 4 is 27.3 Å². The normalized spacial score (nSPS) is 23.0. The van der Waals surface area contributed by atoms with Gasteiger partial charge in [-0.05, 0) is 25.5 Å². The molecule has 0 aliphatic carbocycles. The summed E-state index contributed by atoms with van der Waals surface area (Å²) in [6.45, 7) is 2.96. The lowest BCUT2D eigenvalue weighted by Crippen LogP contribution is -2.32. The number of hydrogen-bond donors (Lipinski definition) is 1. The van der Waals surface area contributed by atoms with Crippen LogP contribution in [0.1, 0.15) is 13.3 Å². The van der Waals surface area contributed by atoms with E-state index in [9.17, 15) is 8.42 Å². The smallest absolute Gasteiger partial charge is 0.259 e. The molecule has 1 aliphatic heterocycles. The van der Waals surface area contributed by atoms with Crippen LogP contribution in [-0.2, 0) is 14.8 Å². The van der Waals surface area contributed by atoms with Gasteiger partial charge >= 0.3 is 0 Å². The minimum atomic E-state index is -3.72. The van der Waals surface area contributed by atoms with Crippen molar-refractivity contribution in [2.45, 2.75) is 24.5 Å². The number of sulfonamides is 1. The molecule has 0 radical (unpaired) electrons. The van der Waals surface area contributed by atoms with E-state index in [4.69, 9.17) is 16.3 Å². The van der Waals surface area contributed by atoms with Crippen molar-refractivity contribution in [3.8, 4) is 0 Å². The second kappa shape index (κ2) is 5.57. The van der Waals surface area contributed by atoms with E-state index in [2.05, 4.69) is 9.71 Å². The molecule has 6 nitrogen and oxygen atoms in total. The maximum Gasteiger partial charge on any atom is 0.259 e. The Morgan fingerprint density at radius 3 is 3.05 bits per heavy atom. The van der Waals surface area contributed by atoms with Gasteiger partial charge in [-0.2, -0.15) is 0 Å². The predicted octanol–water partition coefficient (Wildman–Crippen LogP) is 1.69. The molecule has 8 heteroatoms. The third kappa shape index (κ3) is 2.78. The highest BCUT2D eigenvalue weighted by molar-refractivity contribution is 7.89. The van der Waals surface area contributed by atoms with E-state index in [1.54, 1.807) is 24.4 Å². The Morgan fingerprint density at radius 2 is 2.33 bits per heavy atom. The molecule has 1 saturated heterocycles. The molecule has 2 aromatic rings. The minimum absolute atomic E-state index is 0.0219. The molecule has 0 bridgehead atoms. The SMILES string of the molecule is CC1OCCC1CNS(=O)(=O)c1c(Cl)nc2ccccn12. The van der Waals surface area contributed by atoms with E-state index in [1.165, 1.54) is 4.40 Å². The van der Waals surface area contributed by atoms with Gasteiger partial charge in [0.2, 0.25) is 0 Å². The van der Waals surface area contributed by atoms with Crippen molar-refractivity contribution in [1.82, 2.24) is 14.1 Å². The van der Waals surface area contributed by atoms with E-state index in [-0.39, 0.29) is 22.2 Å². The van der Waals surface area contributed by atoms with Crippen LogP contribution in [0.25, 0.3) is 5.65 Å². The Labute approximate surface area is 128 Å². The highest BCUT2D eigenvalue weighted by Gasteiger charge is 2.29. The number of halogens is 1. The number of aromatic nitrogens is 2. The fourth-order valence-corrected chi connectivity index (χ4v) is 4.25. The summed E-state index contributed by atoms with van der Waals surface area (Å²) in [6, 6.07) is 5.22. The maximum atomic E-state index is 12.5. The van der Waals surface area contributed by atoms with Gasteiger partial charge in [0.15, 0.2) is 10.2 Å². The zero-order valence-corrected chi connectivity index (χ0v) is 13.1. The van der Waals surface area contributed by atoms with Crippen molar-refractivity contribution in [2.24, 2.45) is 5.92 Å². The van der Waals surface area contributed by atoms with Gasteiger partial charge in [0.25, 0.3) is 10.0 Å². The third-order valence-electron chi connectivity index (χ3n) is 3.77. The zero-order valence-electron chi connectivity index (χ0n) is 11.5. The quantitative estimate of drug-likeness (QED) is 0.926. The van der Waals surface area contributed by atoms with E-state index in [0.29, 0.717) is 18.8 Å². The van der Waals surface area contributed by atoms with E-state index in [1.807, 2.05) is 6.92 Å². The number of ether oxygens (including phenoxy) is 1. The van der Waals surface area contributed by atoms with Crippen LogP contribution in [0.4, 0.5) is 0 Å². The molecular weight excluding hydrogens is 314 g/mol. The number of pyridine rings is 1. The first-order chi connectivity index (χ1) is 9.99. The number of hydrogen-bond acceptors (Lipinski definition) is 4. The highest BCUT2D eigenvalue weighted by Crippen LogP contribution is 2.24. The second-order valence-electron chi connectivity index (χ2n) is 5.11. The Hall–Kier alpha value is -1.15. The number of nitrogens with zero attached hydrogens (tertiary/aromatic N) is 2. The van der Waals surface area contributed by atoms with Crippen LogP contribution in [0, 0.1) is 5.92 Å². The lowest BCUT2D eigenvalue weighted by atomic mass is 10.0. The first-order valence-corrected chi connectivity index (χ1v) is 8.59. The Morgan fingerprint density at radius 1 is 1.52 bits per heavy atom. The van der Waals surface area contributed by atoms with Crippen LogP contribution in [-0.4, -0.2) is 37.1 Å². The number of fused-ring (bicyclic) bond motifs is 1. The van der Waals surface area contributed by atoms with Crippen LogP contribution in [0.2, 0.25) is 5.15 Å². The first-order valence-electron chi connectivity index (χ1n) is 6.73. The Balaban J connectivity index is 1.88. The molecule has 1 N–H and O–H groups in total. The summed E-state index contributed by atoms with van der Waals surface area (Å²) in [4.78, 5) is 4.06. The van der Waals surface area contributed by atoms with E-state index < -0.39 is 10.0 Å². The second-order valence-corrected chi connectivity index (χ2v) is 7.15. The van der Waals surface area contributed by atoms with Crippen LogP contribution in [0.5, 0.6) is 0 Å². The summed E-state index contributed by atoms with van der Waals surface area (Å²) in [5.74, 6) is 0.178. The molecule has 3 heterocycles. The molecule has 0 aromatic carbocycles. The number of nitrogens with one attached hydrogen (secondary N) is 1. The van der Waals surface area contributed by atoms with Crippen molar-refractivity contribution in [3.05, 3.63) is 29.5 Å². The van der Waals surface area contributed by atoms with Gasteiger partial charge in [-0.15, -0.1) is 0 Å². The van der Waals surface area contributed by atoms with Crippen LogP contribution in [0.3, 0.4) is 0 Å². The number of imidazole rings is 1. The van der Waals surface area contributed by atoms with Crippen LogP contribution < -0.4 is 4.72 Å². The fraction of sp³-hybridized carbons (Fsp3) is 0.462. The summed E-state index contributed by atoms with van der Waals surface area (Å²) in [5.41, 5.74) is 0.500. The molecular formula is C13H16ClN3O3S. The zero-order chi connectivity index (χ0) is 15.0. The molecule has 0 saturated carbocycles. The molecule has 1 aliphatic rings. The molecule has 2 aromatic heterocycles. The standard InChI is InChI=1S/C13H16ClN3O3S/c1-9-10(5-7-20-9)8-15-21(18,19)13-12(14)16-11-4-2-3-6-17(11)13/h2-4,6,9-10,15H,5,7-8H2,1H3. The molecule has 0 spiro atoms. The maximum absolute atomic E-state index is 12.5.